The molecule has 0 saturated heterocycles. The Morgan fingerprint density at radius 1 is 1.41 bits per heavy atom. The minimum Gasteiger partial charge on any atom is -0.467 e. The summed E-state index contributed by atoms with van der Waals surface area (Å²) < 4.78 is 6.52. The van der Waals surface area contributed by atoms with Crippen molar-refractivity contribution in [1.82, 2.24) is 10.3 Å². The lowest BCUT2D eigenvalue weighted by Gasteiger charge is -2.06. The van der Waals surface area contributed by atoms with Crippen molar-refractivity contribution in [2.45, 2.75) is 19.9 Å². The van der Waals surface area contributed by atoms with Crippen molar-refractivity contribution in [1.29, 1.82) is 0 Å². The monoisotopic (exact) mass is 335 g/mol. The Kier molecular flexibility index (Phi) is 4.66. The zero-order valence-corrected chi connectivity index (χ0v) is 14.1. The van der Waals surface area contributed by atoms with E-state index in [-0.39, 0.29) is 0 Å². The number of hydrogen-bond acceptors (Lipinski definition) is 5. The molecule has 116 valence electrons. The van der Waals surface area contributed by atoms with E-state index in [1.54, 1.807) is 17.6 Å². The third-order valence-corrected chi connectivity index (χ3v) is 5.14. The average molecular weight is 336 g/mol. The standard InChI is InChI=1S/C16H18ClN3OS/c1-10-13(5-6-18-2)22-16-12(8-14(17)20-15(10)16)19-9-11-4-3-7-21-11/h3-4,7-8,18H,5-6,9H2,1-2H3,(H,19,20). The SMILES string of the molecule is CNCCc1sc2c(NCc3ccco3)cc(Cl)nc2c1C. The first kappa shape index (κ1) is 15.3. The Labute approximate surface area is 138 Å². The molecule has 0 aliphatic heterocycles. The molecule has 0 atom stereocenters. The van der Waals surface area contributed by atoms with Gasteiger partial charge in [0.2, 0.25) is 0 Å². The second-order valence-corrected chi connectivity index (χ2v) is 6.60. The van der Waals surface area contributed by atoms with Gasteiger partial charge in [-0.05, 0) is 44.6 Å². The Morgan fingerprint density at radius 3 is 3.00 bits per heavy atom. The molecule has 0 aromatic carbocycles. The van der Waals surface area contributed by atoms with Crippen LogP contribution < -0.4 is 10.6 Å². The van der Waals surface area contributed by atoms with Crippen LogP contribution in [0.25, 0.3) is 10.2 Å². The van der Waals surface area contributed by atoms with E-state index in [9.17, 15) is 0 Å². The number of fused-ring (bicyclic) bond motifs is 1. The van der Waals surface area contributed by atoms with Gasteiger partial charge >= 0.3 is 0 Å². The van der Waals surface area contributed by atoms with Crippen LogP contribution in [0.4, 0.5) is 5.69 Å². The zero-order valence-electron chi connectivity index (χ0n) is 12.6. The molecule has 2 N–H and O–H groups in total. The van der Waals surface area contributed by atoms with Crippen LogP contribution in [0, 0.1) is 6.92 Å². The van der Waals surface area contributed by atoms with E-state index in [1.807, 2.05) is 25.2 Å². The van der Waals surface area contributed by atoms with Crippen molar-refractivity contribution in [2.75, 3.05) is 18.9 Å². The van der Waals surface area contributed by atoms with Crippen LogP contribution in [0.1, 0.15) is 16.2 Å². The van der Waals surface area contributed by atoms with Gasteiger partial charge in [-0.2, -0.15) is 0 Å². The van der Waals surface area contributed by atoms with Crippen molar-refractivity contribution in [3.05, 3.63) is 45.8 Å². The summed E-state index contributed by atoms with van der Waals surface area (Å²) in [5.41, 5.74) is 3.22. The summed E-state index contributed by atoms with van der Waals surface area (Å²) in [7, 11) is 1.97. The molecule has 0 saturated carbocycles. The lowest BCUT2D eigenvalue weighted by atomic mass is 10.2. The summed E-state index contributed by atoms with van der Waals surface area (Å²) in [5, 5.41) is 7.10. The summed E-state index contributed by atoms with van der Waals surface area (Å²) >= 11 is 7.97. The van der Waals surface area contributed by atoms with Gasteiger partial charge in [-0.15, -0.1) is 11.3 Å². The third kappa shape index (κ3) is 3.11. The first-order valence-electron chi connectivity index (χ1n) is 7.18. The number of pyridine rings is 1. The molecular formula is C16H18ClN3OS. The molecule has 3 heterocycles. The Morgan fingerprint density at radius 2 is 2.27 bits per heavy atom. The minimum absolute atomic E-state index is 0.510. The molecule has 0 bridgehead atoms. The van der Waals surface area contributed by atoms with E-state index in [0.29, 0.717) is 11.7 Å². The number of aryl methyl sites for hydroxylation is 1. The molecule has 0 radical (unpaired) electrons. The normalized spacial score (nSPS) is 11.2. The van der Waals surface area contributed by atoms with Gasteiger partial charge in [-0.3, -0.25) is 0 Å². The van der Waals surface area contributed by atoms with Crippen LogP contribution in [0.3, 0.4) is 0 Å². The minimum atomic E-state index is 0.510. The molecule has 0 spiro atoms. The smallest absolute Gasteiger partial charge is 0.131 e. The number of anilines is 1. The molecule has 6 heteroatoms. The number of thiophene rings is 1. The van der Waals surface area contributed by atoms with E-state index in [4.69, 9.17) is 16.0 Å². The van der Waals surface area contributed by atoms with Crippen molar-refractivity contribution < 1.29 is 4.42 Å². The first-order valence-corrected chi connectivity index (χ1v) is 8.38. The van der Waals surface area contributed by atoms with Gasteiger partial charge < -0.3 is 15.1 Å². The molecular weight excluding hydrogens is 318 g/mol. The number of hydrogen-bond donors (Lipinski definition) is 2. The van der Waals surface area contributed by atoms with Crippen LogP contribution in [0.15, 0.2) is 28.9 Å². The third-order valence-electron chi connectivity index (χ3n) is 3.58. The van der Waals surface area contributed by atoms with Crippen molar-refractivity contribution in [3.63, 3.8) is 0 Å². The molecule has 3 aromatic heterocycles. The lowest BCUT2D eigenvalue weighted by Crippen LogP contribution is -2.09. The van der Waals surface area contributed by atoms with Gasteiger partial charge in [0.05, 0.1) is 28.7 Å². The van der Waals surface area contributed by atoms with Gasteiger partial charge in [0.15, 0.2) is 0 Å². The summed E-state index contributed by atoms with van der Waals surface area (Å²) in [6.07, 6.45) is 2.68. The number of likely N-dealkylation sites (N-methyl/N-ethyl adjacent to an activating group) is 1. The highest BCUT2D eigenvalue weighted by atomic mass is 35.5. The Balaban J connectivity index is 1.94. The second kappa shape index (κ2) is 6.69. The molecule has 22 heavy (non-hydrogen) atoms. The highest BCUT2D eigenvalue weighted by molar-refractivity contribution is 7.19. The van der Waals surface area contributed by atoms with Crippen molar-refractivity contribution >= 4 is 38.8 Å². The van der Waals surface area contributed by atoms with E-state index < -0.39 is 0 Å². The number of furan rings is 1. The molecule has 3 rings (SSSR count). The molecule has 0 aliphatic rings. The number of nitrogens with zero attached hydrogens (tertiary/aromatic N) is 1. The molecule has 0 fully saturated rings. The summed E-state index contributed by atoms with van der Waals surface area (Å²) in [6, 6.07) is 5.72. The highest BCUT2D eigenvalue weighted by Crippen LogP contribution is 2.36. The van der Waals surface area contributed by atoms with E-state index in [0.717, 1.165) is 34.6 Å². The maximum Gasteiger partial charge on any atom is 0.131 e. The number of nitrogens with one attached hydrogen (secondary N) is 2. The van der Waals surface area contributed by atoms with Gasteiger partial charge in [0, 0.05) is 10.9 Å². The van der Waals surface area contributed by atoms with Gasteiger partial charge in [0.1, 0.15) is 10.9 Å². The van der Waals surface area contributed by atoms with Crippen LogP contribution in [-0.2, 0) is 13.0 Å². The van der Waals surface area contributed by atoms with Crippen molar-refractivity contribution in [2.24, 2.45) is 0 Å². The Bertz CT molecular complexity index is 767. The quantitative estimate of drug-likeness (QED) is 0.662. The fraction of sp³-hybridized carbons (Fsp3) is 0.312. The van der Waals surface area contributed by atoms with Gasteiger partial charge in [-0.25, -0.2) is 4.98 Å². The number of aromatic nitrogens is 1. The fourth-order valence-electron chi connectivity index (χ4n) is 2.40. The number of halogens is 1. The average Bonchev–Trinajstić information content (AvgIpc) is 3.12. The van der Waals surface area contributed by atoms with Gasteiger partial charge in [-0.1, -0.05) is 11.6 Å². The second-order valence-electron chi connectivity index (χ2n) is 5.11. The van der Waals surface area contributed by atoms with Crippen LogP contribution >= 0.6 is 22.9 Å². The van der Waals surface area contributed by atoms with Crippen molar-refractivity contribution in [3.8, 4) is 0 Å². The molecule has 0 aliphatic carbocycles. The zero-order chi connectivity index (χ0) is 15.5. The fourth-order valence-corrected chi connectivity index (χ4v) is 3.83. The van der Waals surface area contributed by atoms with Crippen LogP contribution in [0.2, 0.25) is 5.15 Å². The molecule has 3 aromatic rings. The summed E-state index contributed by atoms with van der Waals surface area (Å²) in [5.74, 6) is 0.893. The molecule has 0 unspecified atom stereocenters. The van der Waals surface area contributed by atoms with Crippen LogP contribution in [-0.4, -0.2) is 18.6 Å². The topological polar surface area (TPSA) is 50.1 Å². The summed E-state index contributed by atoms with van der Waals surface area (Å²) in [6.45, 7) is 3.70. The largest absolute Gasteiger partial charge is 0.467 e. The highest BCUT2D eigenvalue weighted by Gasteiger charge is 2.14. The van der Waals surface area contributed by atoms with Crippen LogP contribution in [0.5, 0.6) is 0 Å². The Hall–Kier alpha value is -1.56. The maximum atomic E-state index is 6.19. The maximum absolute atomic E-state index is 6.19. The molecule has 4 nitrogen and oxygen atoms in total. The predicted molar refractivity (Wildman–Crippen MR) is 93.0 cm³/mol. The van der Waals surface area contributed by atoms with E-state index in [2.05, 4.69) is 22.5 Å². The predicted octanol–water partition coefficient (Wildman–Crippen LogP) is 4.23. The first-order chi connectivity index (χ1) is 10.7. The summed E-state index contributed by atoms with van der Waals surface area (Å²) in [4.78, 5) is 5.85. The lowest BCUT2D eigenvalue weighted by molar-refractivity contribution is 0.518. The van der Waals surface area contributed by atoms with E-state index >= 15 is 0 Å². The van der Waals surface area contributed by atoms with E-state index in [1.165, 1.54) is 10.4 Å². The molecule has 0 amide bonds. The van der Waals surface area contributed by atoms with Gasteiger partial charge in [0.25, 0.3) is 0 Å². The number of rotatable bonds is 6.